The van der Waals surface area contributed by atoms with Crippen LogP contribution in [0.4, 0.5) is 0 Å². The summed E-state index contributed by atoms with van der Waals surface area (Å²) < 4.78 is 40.4. The van der Waals surface area contributed by atoms with E-state index >= 15 is 0 Å². The molecule has 4 rings (SSSR count). The van der Waals surface area contributed by atoms with Crippen LogP contribution in [0.15, 0.2) is 66.1 Å². The summed E-state index contributed by atoms with van der Waals surface area (Å²) in [5, 5.41) is 0.000864. The van der Waals surface area contributed by atoms with Gasteiger partial charge in [0.1, 0.15) is 18.1 Å². The molecule has 164 valence electrons. The van der Waals surface area contributed by atoms with Crippen molar-refractivity contribution in [1.82, 2.24) is 14.3 Å². The van der Waals surface area contributed by atoms with Crippen molar-refractivity contribution in [3.63, 3.8) is 0 Å². The molecular formula is C23H27N3O4S. The number of nitrogens with one attached hydrogen (secondary N) is 1. The minimum atomic E-state index is -3.64. The molecule has 0 radical (unpaired) electrons. The lowest BCUT2D eigenvalue weighted by molar-refractivity contribution is 0.311. The van der Waals surface area contributed by atoms with Crippen LogP contribution < -0.4 is 14.2 Å². The molecule has 1 aliphatic rings. The predicted octanol–water partition coefficient (Wildman–Crippen LogP) is 3.28. The van der Waals surface area contributed by atoms with Gasteiger partial charge in [0.05, 0.1) is 12.9 Å². The maximum absolute atomic E-state index is 12.2. The van der Waals surface area contributed by atoms with E-state index in [1.165, 1.54) is 18.1 Å². The zero-order valence-electron chi connectivity index (χ0n) is 17.5. The molecule has 1 aliphatic heterocycles. The molecule has 1 aromatic heterocycles. The summed E-state index contributed by atoms with van der Waals surface area (Å²) in [4.78, 5) is 3.88. The van der Waals surface area contributed by atoms with Crippen LogP contribution in [-0.2, 0) is 23.5 Å². The van der Waals surface area contributed by atoms with Crippen LogP contribution >= 0.6 is 0 Å². The fourth-order valence-corrected chi connectivity index (χ4v) is 4.78. The van der Waals surface area contributed by atoms with Gasteiger partial charge in [-0.25, -0.2) is 18.1 Å². The molecule has 0 saturated carbocycles. The smallest absolute Gasteiger partial charge is 0.259 e. The molecule has 7 nitrogen and oxygen atoms in total. The summed E-state index contributed by atoms with van der Waals surface area (Å²) in [6.07, 6.45) is 5.93. The summed E-state index contributed by atoms with van der Waals surface area (Å²) in [7, 11) is -1.91. The molecule has 2 heterocycles. The van der Waals surface area contributed by atoms with Gasteiger partial charge in [0, 0.05) is 25.4 Å². The van der Waals surface area contributed by atoms with Crippen LogP contribution in [0.2, 0.25) is 0 Å². The molecule has 2 aromatic carbocycles. The third-order valence-electron chi connectivity index (χ3n) is 5.32. The van der Waals surface area contributed by atoms with Gasteiger partial charge in [0.15, 0.2) is 5.03 Å². The monoisotopic (exact) mass is 441 g/mol. The van der Waals surface area contributed by atoms with Gasteiger partial charge in [-0.3, -0.25) is 0 Å². The number of sulfonamides is 1. The molecule has 0 amide bonds. The lowest BCUT2D eigenvalue weighted by Gasteiger charge is -2.18. The molecular weight excluding hydrogens is 414 g/mol. The van der Waals surface area contributed by atoms with Gasteiger partial charge in [-0.05, 0) is 48.9 Å². The molecule has 0 saturated heterocycles. The van der Waals surface area contributed by atoms with E-state index in [0.717, 1.165) is 30.6 Å². The summed E-state index contributed by atoms with van der Waals surface area (Å²) in [5.74, 6) is 1.96. The summed E-state index contributed by atoms with van der Waals surface area (Å²) in [6.45, 7) is 1.09. The zero-order chi connectivity index (χ0) is 21.7. The third-order valence-corrected chi connectivity index (χ3v) is 6.67. The van der Waals surface area contributed by atoms with Gasteiger partial charge in [0.2, 0.25) is 0 Å². The van der Waals surface area contributed by atoms with Crippen LogP contribution in [0.25, 0.3) is 0 Å². The van der Waals surface area contributed by atoms with E-state index in [4.69, 9.17) is 9.47 Å². The Morgan fingerprint density at radius 2 is 2.06 bits per heavy atom. The number of fused-ring (bicyclic) bond motifs is 1. The van der Waals surface area contributed by atoms with Gasteiger partial charge in [-0.2, -0.15) is 0 Å². The SMILES string of the molecule is Cn1cnc(S(=O)(=O)NCCOc2ccc3c(c2)C(Cc2ccccc2)CCCO3)c1. The number of rotatable bonds is 8. The number of aryl methyl sites for hydroxylation is 1. The molecule has 0 aliphatic carbocycles. The Morgan fingerprint density at radius 3 is 2.84 bits per heavy atom. The second-order valence-electron chi connectivity index (χ2n) is 7.70. The molecule has 0 bridgehead atoms. The summed E-state index contributed by atoms with van der Waals surface area (Å²) >= 11 is 0. The van der Waals surface area contributed by atoms with Crippen LogP contribution in [0, 0.1) is 0 Å². The summed E-state index contributed by atoms with van der Waals surface area (Å²) in [5.41, 5.74) is 2.45. The van der Waals surface area contributed by atoms with E-state index in [1.54, 1.807) is 11.6 Å². The van der Waals surface area contributed by atoms with E-state index in [2.05, 4.69) is 34.0 Å². The molecule has 1 atom stereocenters. The fraction of sp³-hybridized carbons (Fsp3) is 0.348. The van der Waals surface area contributed by atoms with Crippen molar-refractivity contribution >= 4 is 10.0 Å². The van der Waals surface area contributed by atoms with Crippen molar-refractivity contribution < 1.29 is 17.9 Å². The van der Waals surface area contributed by atoms with Crippen molar-refractivity contribution in [3.8, 4) is 11.5 Å². The van der Waals surface area contributed by atoms with Gasteiger partial charge in [-0.1, -0.05) is 30.3 Å². The number of aromatic nitrogens is 2. The maximum Gasteiger partial charge on any atom is 0.259 e. The van der Waals surface area contributed by atoms with E-state index < -0.39 is 10.0 Å². The van der Waals surface area contributed by atoms with E-state index in [9.17, 15) is 8.42 Å². The van der Waals surface area contributed by atoms with E-state index in [0.29, 0.717) is 18.3 Å². The average Bonchev–Trinajstić information content (AvgIpc) is 3.12. The Hall–Kier alpha value is -2.84. The number of imidazole rings is 1. The second-order valence-corrected chi connectivity index (χ2v) is 9.41. The molecule has 0 spiro atoms. The topological polar surface area (TPSA) is 82.5 Å². The largest absolute Gasteiger partial charge is 0.493 e. The third kappa shape index (κ3) is 5.45. The van der Waals surface area contributed by atoms with Gasteiger partial charge < -0.3 is 14.0 Å². The molecule has 1 N–H and O–H groups in total. The first-order chi connectivity index (χ1) is 15.0. The number of benzene rings is 2. The Labute approximate surface area is 183 Å². The minimum absolute atomic E-state index is 0.000864. The van der Waals surface area contributed by atoms with Crippen LogP contribution in [0.3, 0.4) is 0 Å². The second kappa shape index (κ2) is 9.53. The fourth-order valence-electron chi connectivity index (χ4n) is 3.79. The number of hydrogen-bond acceptors (Lipinski definition) is 5. The number of ether oxygens (including phenoxy) is 2. The first-order valence-electron chi connectivity index (χ1n) is 10.4. The summed E-state index contributed by atoms with van der Waals surface area (Å²) in [6, 6.07) is 16.3. The lowest BCUT2D eigenvalue weighted by atomic mass is 9.88. The minimum Gasteiger partial charge on any atom is -0.493 e. The first kappa shape index (κ1) is 21.4. The number of nitrogens with zero attached hydrogens (tertiary/aromatic N) is 2. The standard InChI is InChI=1S/C23H27N3O4S/c1-26-16-23(24-17-26)31(27,28)25-11-13-29-20-9-10-22-21(15-20)19(8-5-12-30-22)14-18-6-3-2-4-7-18/h2-4,6-7,9-10,15-17,19,25H,5,8,11-14H2,1H3. The highest BCUT2D eigenvalue weighted by atomic mass is 32.2. The molecule has 31 heavy (non-hydrogen) atoms. The van der Waals surface area contributed by atoms with Gasteiger partial charge in [-0.15, -0.1) is 0 Å². The Morgan fingerprint density at radius 1 is 1.23 bits per heavy atom. The quantitative estimate of drug-likeness (QED) is 0.543. The molecule has 3 aromatic rings. The number of hydrogen-bond donors (Lipinski definition) is 1. The van der Waals surface area contributed by atoms with Crippen molar-refractivity contribution in [2.24, 2.45) is 7.05 Å². The zero-order valence-corrected chi connectivity index (χ0v) is 18.3. The van der Waals surface area contributed by atoms with Crippen molar-refractivity contribution in [1.29, 1.82) is 0 Å². The molecule has 1 unspecified atom stereocenters. The van der Waals surface area contributed by atoms with Gasteiger partial charge in [0.25, 0.3) is 10.0 Å². The molecule has 0 fully saturated rings. The van der Waals surface area contributed by atoms with Crippen molar-refractivity contribution in [2.75, 3.05) is 19.8 Å². The lowest BCUT2D eigenvalue weighted by Crippen LogP contribution is -2.28. The van der Waals surface area contributed by atoms with Crippen LogP contribution in [0.1, 0.15) is 29.9 Å². The highest BCUT2D eigenvalue weighted by molar-refractivity contribution is 7.89. The highest BCUT2D eigenvalue weighted by Gasteiger charge is 2.21. The first-order valence-corrected chi connectivity index (χ1v) is 11.9. The Bertz CT molecular complexity index is 1110. The van der Waals surface area contributed by atoms with Crippen molar-refractivity contribution in [3.05, 3.63) is 72.2 Å². The van der Waals surface area contributed by atoms with E-state index in [1.807, 2.05) is 24.3 Å². The predicted molar refractivity (Wildman–Crippen MR) is 118 cm³/mol. The van der Waals surface area contributed by atoms with Gasteiger partial charge >= 0.3 is 0 Å². The average molecular weight is 442 g/mol. The van der Waals surface area contributed by atoms with Crippen LogP contribution in [-0.4, -0.2) is 37.7 Å². The normalized spacial score (nSPS) is 16.2. The van der Waals surface area contributed by atoms with Crippen LogP contribution in [0.5, 0.6) is 11.5 Å². The maximum atomic E-state index is 12.2. The van der Waals surface area contributed by atoms with E-state index in [-0.39, 0.29) is 18.2 Å². The Kier molecular flexibility index (Phi) is 6.58. The Balaban J connectivity index is 1.39. The highest BCUT2D eigenvalue weighted by Crippen LogP contribution is 2.37. The van der Waals surface area contributed by atoms with Crippen molar-refractivity contribution in [2.45, 2.75) is 30.2 Å². The molecule has 8 heteroatoms.